The molecule has 0 atom stereocenters. The lowest BCUT2D eigenvalue weighted by atomic mass is 9.97. The van der Waals surface area contributed by atoms with Gasteiger partial charge in [0.15, 0.2) is 17.3 Å². The van der Waals surface area contributed by atoms with Crippen molar-refractivity contribution in [1.82, 2.24) is 9.97 Å². The number of aromatic nitrogens is 2. The van der Waals surface area contributed by atoms with Crippen LogP contribution in [0.25, 0.3) is 10.2 Å². The van der Waals surface area contributed by atoms with Crippen molar-refractivity contribution in [3.8, 4) is 17.2 Å². The zero-order valence-electron chi connectivity index (χ0n) is 16.1. The van der Waals surface area contributed by atoms with E-state index >= 15 is 0 Å². The molecule has 146 valence electrons. The summed E-state index contributed by atoms with van der Waals surface area (Å²) in [5.74, 6) is 2.44. The fraction of sp³-hybridized carbons (Fsp3) is 0.350. The number of benzene rings is 1. The third kappa shape index (κ3) is 3.24. The fourth-order valence-electron chi connectivity index (χ4n) is 3.56. The summed E-state index contributed by atoms with van der Waals surface area (Å²) in [5, 5.41) is 5.49. The van der Waals surface area contributed by atoms with E-state index in [9.17, 15) is 0 Å². The topological polar surface area (TPSA) is 77.9 Å². The highest BCUT2D eigenvalue weighted by Gasteiger charge is 2.20. The van der Waals surface area contributed by atoms with E-state index in [0.717, 1.165) is 34.4 Å². The van der Waals surface area contributed by atoms with Crippen LogP contribution < -0.4 is 19.6 Å². The van der Waals surface area contributed by atoms with E-state index < -0.39 is 0 Å². The van der Waals surface area contributed by atoms with Crippen molar-refractivity contribution in [2.24, 2.45) is 5.10 Å². The van der Waals surface area contributed by atoms with Crippen LogP contribution in [0.4, 0.5) is 5.82 Å². The van der Waals surface area contributed by atoms with Crippen LogP contribution in [0.1, 0.15) is 28.8 Å². The number of fused-ring (bicyclic) bond motifs is 3. The Morgan fingerprint density at radius 1 is 1.04 bits per heavy atom. The van der Waals surface area contributed by atoms with E-state index in [1.807, 2.05) is 12.1 Å². The molecule has 2 heterocycles. The molecule has 8 heteroatoms. The summed E-state index contributed by atoms with van der Waals surface area (Å²) in [7, 11) is 4.76. The third-order valence-corrected chi connectivity index (χ3v) is 6.06. The standard InChI is InChI=1S/C20H22N4O3S/c1-25-14-9-8-12(17(26-2)18(14)27-3)10-23-24-19-16-13-6-4-5-7-15(13)28-20(16)22-11-21-19/h8-11H,4-7H2,1-3H3,(H,21,22,24). The van der Waals surface area contributed by atoms with Gasteiger partial charge in [-0.05, 0) is 43.4 Å². The van der Waals surface area contributed by atoms with Crippen molar-refractivity contribution in [2.75, 3.05) is 26.8 Å². The largest absolute Gasteiger partial charge is 0.493 e. The number of rotatable bonds is 6. The highest BCUT2D eigenvalue weighted by molar-refractivity contribution is 7.19. The highest BCUT2D eigenvalue weighted by Crippen LogP contribution is 2.40. The van der Waals surface area contributed by atoms with Crippen molar-refractivity contribution in [3.05, 3.63) is 34.5 Å². The normalized spacial score (nSPS) is 13.5. The quantitative estimate of drug-likeness (QED) is 0.499. The SMILES string of the molecule is COc1ccc(C=NNc2ncnc3sc4c(c23)CCCC4)c(OC)c1OC. The van der Waals surface area contributed by atoms with Crippen molar-refractivity contribution in [3.63, 3.8) is 0 Å². The van der Waals surface area contributed by atoms with Crippen molar-refractivity contribution in [1.29, 1.82) is 0 Å². The van der Waals surface area contributed by atoms with Crippen molar-refractivity contribution in [2.45, 2.75) is 25.7 Å². The van der Waals surface area contributed by atoms with Crippen LogP contribution in [0.3, 0.4) is 0 Å². The maximum atomic E-state index is 5.50. The van der Waals surface area contributed by atoms with Crippen LogP contribution in [0, 0.1) is 0 Å². The molecule has 1 N–H and O–H groups in total. The van der Waals surface area contributed by atoms with Crippen LogP contribution >= 0.6 is 11.3 Å². The summed E-state index contributed by atoms with van der Waals surface area (Å²) >= 11 is 1.77. The summed E-state index contributed by atoms with van der Waals surface area (Å²) in [4.78, 5) is 11.3. The van der Waals surface area contributed by atoms with Crippen LogP contribution in [0.5, 0.6) is 17.2 Å². The molecule has 1 aliphatic carbocycles. The number of hydrogen-bond acceptors (Lipinski definition) is 8. The molecule has 4 rings (SSSR count). The number of anilines is 1. The van der Waals surface area contributed by atoms with Gasteiger partial charge in [0.25, 0.3) is 0 Å². The Bertz CT molecular complexity index is 1030. The Morgan fingerprint density at radius 2 is 1.86 bits per heavy atom. The van der Waals surface area contributed by atoms with Crippen molar-refractivity contribution < 1.29 is 14.2 Å². The second-order valence-corrected chi connectivity index (χ2v) is 7.49. The van der Waals surface area contributed by atoms with Gasteiger partial charge in [0.1, 0.15) is 11.2 Å². The number of hydrogen-bond donors (Lipinski definition) is 1. The van der Waals surface area contributed by atoms with Gasteiger partial charge in [-0.1, -0.05) is 0 Å². The molecule has 1 aliphatic rings. The number of nitrogens with zero attached hydrogens (tertiary/aromatic N) is 3. The first-order chi connectivity index (χ1) is 13.8. The molecular weight excluding hydrogens is 376 g/mol. The number of aryl methyl sites for hydroxylation is 2. The van der Waals surface area contributed by atoms with Crippen LogP contribution in [-0.2, 0) is 12.8 Å². The van der Waals surface area contributed by atoms with Gasteiger partial charge in [0.2, 0.25) is 5.75 Å². The van der Waals surface area contributed by atoms with Gasteiger partial charge in [-0.15, -0.1) is 11.3 Å². The average Bonchev–Trinajstić information content (AvgIpc) is 3.12. The smallest absolute Gasteiger partial charge is 0.203 e. The zero-order chi connectivity index (χ0) is 19.5. The van der Waals surface area contributed by atoms with Gasteiger partial charge >= 0.3 is 0 Å². The summed E-state index contributed by atoms with van der Waals surface area (Å²) in [5.41, 5.74) is 5.22. The Hall–Kier alpha value is -2.87. The van der Waals surface area contributed by atoms with Gasteiger partial charge in [-0.2, -0.15) is 5.10 Å². The maximum absolute atomic E-state index is 5.50. The second-order valence-electron chi connectivity index (χ2n) is 6.41. The van der Waals surface area contributed by atoms with Crippen molar-refractivity contribution >= 4 is 33.6 Å². The van der Waals surface area contributed by atoms with Crippen LogP contribution in [0.15, 0.2) is 23.6 Å². The number of thiophene rings is 1. The summed E-state index contributed by atoms with van der Waals surface area (Å²) < 4.78 is 16.2. The maximum Gasteiger partial charge on any atom is 0.203 e. The van der Waals surface area contributed by atoms with E-state index in [2.05, 4.69) is 20.5 Å². The lowest BCUT2D eigenvalue weighted by molar-refractivity contribution is 0.324. The molecule has 28 heavy (non-hydrogen) atoms. The first kappa shape index (κ1) is 18.5. The van der Waals surface area contributed by atoms with Gasteiger partial charge in [0.05, 0.1) is 32.9 Å². The molecular formula is C20H22N4O3S. The summed E-state index contributed by atoms with van der Waals surface area (Å²) in [6.45, 7) is 0. The minimum Gasteiger partial charge on any atom is -0.493 e. The van der Waals surface area contributed by atoms with Gasteiger partial charge in [-0.3, -0.25) is 5.43 Å². The average molecular weight is 398 g/mol. The van der Waals surface area contributed by atoms with E-state index in [0.29, 0.717) is 17.2 Å². The molecule has 0 bridgehead atoms. The summed E-state index contributed by atoms with van der Waals surface area (Å²) in [6, 6.07) is 3.69. The van der Waals surface area contributed by atoms with Gasteiger partial charge < -0.3 is 14.2 Å². The molecule has 0 spiro atoms. The lowest BCUT2D eigenvalue weighted by Gasteiger charge is -2.13. The minimum absolute atomic E-state index is 0.533. The summed E-state index contributed by atoms with van der Waals surface area (Å²) in [6.07, 6.45) is 7.92. The Labute approximate surface area is 167 Å². The fourth-order valence-corrected chi connectivity index (χ4v) is 4.79. The third-order valence-electron chi connectivity index (χ3n) is 4.86. The Balaban J connectivity index is 1.65. The Kier molecular flexibility index (Phi) is 5.29. The van der Waals surface area contributed by atoms with E-state index in [-0.39, 0.29) is 0 Å². The highest BCUT2D eigenvalue weighted by atomic mass is 32.1. The lowest BCUT2D eigenvalue weighted by Crippen LogP contribution is -2.01. The second kappa shape index (κ2) is 8.02. The molecule has 0 saturated heterocycles. The van der Waals surface area contributed by atoms with Gasteiger partial charge in [0, 0.05) is 10.4 Å². The van der Waals surface area contributed by atoms with E-state index in [1.54, 1.807) is 45.2 Å². The molecule has 1 aromatic carbocycles. The molecule has 7 nitrogen and oxygen atoms in total. The molecule has 0 radical (unpaired) electrons. The number of methoxy groups -OCH3 is 3. The Morgan fingerprint density at radius 3 is 2.64 bits per heavy atom. The monoisotopic (exact) mass is 398 g/mol. The molecule has 0 fully saturated rings. The molecule has 3 aromatic rings. The zero-order valence-corrected chi connectivity index (χ0v) is 16.9. The number of nitrogens with one attached hydrogen (secondary N) is 1. The molecule has 2 aromatic heterocycles. The van der Waals surface area contributed by atoms with E-state index in [4.69, 9.17) is 14.2 Å². The molecule has 0 aliphatic heterocycles. The first-order valence-corrected chi connectivity index (χ1v) is 9.91. The van der Waals surface area contributed by atoms with E-state index in [1.165, 1.54) is 23.3 Å². The van der Waals surface area contributed by atoms with Crippen LogP contribution in [-0.4, -0.2) is 37.5 Å². The molecule has 0 saturated carbocycles. The van der Waals surface area contributed by atoms with Crippen LogP contribution in [0.2, 0.25) is 0 Å². The number of ether oxygens (including phenoxy) is 3. The first-order valence-electron chi connectivity index (χ1n) is 9.10. The molecule has 0 amide bonds. The number of hydrazone groups is 1. The predicted molar refractivity (Wildman–Crippen MR) is 111 cm³/mol. The van der Waals surface area contributed by atoms with Gasteiger partial charge in [-0.25, -0.2) is 9.97 Å². The predicted octanol–water partition coefficient (Wildman–Crippen LogP) is 4.04. The molecule has 0 unspecified atom stereocenters. The minimum atomic E-state index is 0.533.